The highest BCUT2D eigenvalue weighted by molar-refractivity contribution is 14.1. The van der Waals surface area contributed by atoms with Gasteiger partial charge in [-0.05, 0) is 67.0 Å². The van der Waals surface area contributed by atoms with Crippen LogP contribution in [-0.4, -0.2) is 0 Å². The van der Waals surface area contributed by atoms with Crippen molar-refractivity contribution in [3.63, 3.8) is 0 Å². The van der Waals surface area contributed by atoms with Crippen molar-refractivity contribution >= 4 is 55.4 Å². The van der Waals surface area contributed by atoms with Gasteiger partial charge in [0.15, 0.2) is 0 Å². The Morgan fingerprint density at radius 3 is 2.71 bits per heavy atom. The molecule has 0 aliphatic heterocycles. The second kappa shape index (κ2) is 4.03. The molecule has 0 spiro atoms. The maximum atomic E-state index is 3.76. The second-order valence-corrected chi connectivity index (χ2v) is 5.00. The zero-order valence-corrected chi connectivity index (χ0v) is 11.2. The molecule has 0 unspecified atom stereocenters. The third-order valence-corrected chi connectivity index (χ3v) is 4.66. The number of rotatable bonds is 1. The van der Waals surface area contributed by atoms with E-state index >= 15 is 0 Å². The summed E-state index contributed by atoms with van der Waals surface area (Å²) < 4.78 is 2.41. The first-order valence-electron chi connectivity index (χ1n) is 4.22. The molecule has 2 rings (SSSR count). The van der Waals surface area contributed by atoms with Crippen molar-refractivity contribution < 1.29 is 0 Å². The quantitative estimate of drug-likeness (QED) is 0.639. The van der Waals surface area contributed by atoms with Gasteiger partial charge in [-0.1, -0.05) is 30.9 Å². The number of fused-ring (bicyclic) bond motifs is 1. The van der Waals surface area contributed by atoms with E-state index in [1.54, 1.807) is 0 Å². The fourth-order valence-electron chi connectivity index (χ4n) is 1.41. The summed E-state index contributed by atoms with van der Waals surface area (Å²) in [6.07, 6.45) is 1.87. The van der Waals surface area contributed by atoms with Crippen molar-refractivity contribution in [1.82, 2.24) is 0 Å². The van der Waals surface area contributed by atoms with Crippen LogP contribution in [0.2, 0.25) is 0 Å². The van der Waals surface area contributed by atoms with Gasteiger partial charge in [-0.15, -0.1) is 0 Å². The first-order chi connectivity index (χ1) is 6.72. The third-order valence-electron chi connectivity index (χ3n) is 2.17. The summed E-state index contributed by atoms with van der Waals surface area (Å²) in [5.41, 5.74) is 1.16. The average Bonchev–Trinajstić information content (AvgIpc) is 2.23. The van der Waals surface area contributed by atoms with Crippen LogP contribution in [0.4, 0.5) is 0 Å². The maximum Gasteiger partial charge on any atom is 0.0387 e. The Bertz CT molecular complexity index is 503. The maximum absolute atomic E-state index is 3.76. The molecule has 2 aromatic rings. The molecule has 0 radical (unpaired) electrons. The monoisotopic (exact) mass is 358 g/mol. The largest absolute Gasteiger partial charge is 0.0985 e. The van der Waals surface area contributed by atoms with Crippen molar-refractivity contribution in [1.29, 1.82) is 0 Å². The van der Waals surface area contributed by atoms with Crippen molar-refractivity contribution in [2.24, 2.45) is 0 Å². The minimum atomic E-state index is 1.16. The van der Waals surface area contributed by atoms with Gasteiger partial charge in [0.2, 0.25) is 0 Å². The van der Waals surface area contributed by atoms with Gasteiger partial charge in [-0.2, -0.15) is 0 Å². The Labute approximate surface area is 105 Å². The predicted molar refractivity (Wildman–Crippen MR) is 74.5 cm³/mol. The molecule has 70 valence electrons. The minimum absolute atomic E-state index is 1.16. The second-order valence-electron chi connectivity index (χ2n) is 3.05. The number of hydrogen-bond donors (Lipinski definition) is 0. The first kappa shape index (κ1) is 10.2. The third kappa shape index (κ3) is 1.73. The molecule has 0 fully saturated rings. The Hall–Kier alpha value is -0.350. The van der Waals surface area contributed by atoms with Crippen LogP contribution in [0.5, 0.6) is 0 Å². The summed E-state index contributed by atoms with van der Waals surface area (Å²) in [7, 11) is 0. The van der Waals surface area contributed by atoms with Crippen LogP contribution in [0.3, 0.4) is 0 Å². The van der Waals surface area contributed by atoms with Crippen LogP contribution < -0.4 is 0 Å². The number of hydrogen-bond acceptors (Lipinski definition) is 0. The number of benzene rings is 2. The molecule has 0 bridgehead atoms. The molecule has 0 saturated carbocycles. The molecule has 0 saturated heterocycles. The van der Waals surface area contributed by atoms with E-state index in [1.807, 2.05) is 6.08 Å². The average molecular weight is 359 g/mol. The Morgan fingerprint density at radius 1 is 1.21 bits per heavy atom. The molecular weight excluding hydrogens is 351 g/mol. The smallest absolute Gasteiger partial charge is 0.0387 e. The van der Waals surface area contributed by atoms with Gasteiger partial charge in [-0.3, -0.25) is 0 Å². The van der Waals surface area contributed by atoms with Gasteiger partial charge >= 0.3 is 0 Å². The molecule has 2 heteroatoms. The molecule has 14 heavy (non-hydrogen) atoms. The topological polar surface area (TPSA) is 0 Å². The fourth-order valence-corrected chi connectivity index (χ4v) is 2.37. The van der Waals surface area contributed by atoms with Crippen molar-refractivity contribution in [2.45, 2.75) is 0 Å². The molecule has 2 aromatic carbocycles. The van der Waals surface area contributed by atoms with Crippen LogP contribution in [0.25, 0.3) is 16.8 Å². The molecule has 0 heterocycles. The summed E-state index contributed by atoms with van der Waals surface area (Å²) >= 11 is 5.92. The lowest BCUT2D eigenvalue weighted by Crippen LogP contribution is -1.80. The van der Waals surface area contributed by atoms with Crippen molar-refractivity contribution in [2.75, 3.05) is 0 Å². The predicted octanol–water partition coefficient (Wildman–Crippen LogP) is 4.85. The van der Waals surface area contributed by atoms with E-state index in [0.29, 0.717) is 0 Å². The summed E-state index contributed by atoms with van der Waals surface area (Å²) in [5, 5.41) is 2.50. The Kier molecular flexibility index (Phi) is 2.93. The molecule has 0 aromatic heterocycles. The van der Waals surface area contributed by atoms with Gasteiger partial charge in [0.1, 0.15) is 0 Å². The van der Waals surface area contributed by atoms with Crippen LogP contribution in [0, 0.1) is 3.57 Å². The molecule has 0 N–H and O–H groups in total. The Morgan fingerprint density at radius 2 is 2.00 bits per heavy atom. The zero-order chi connectivity index (χ0) is 10.1. The van der Waals surface area contributed by atoms with E-state index in [4.69, 9.17) is 0 Å². The van der Waals surface area contributed by atoms with E-state index < -0.39 is 0 Å². The standard InChI is InChI=1S/C12H8BrI/c1-2-8-3-5-10-9(7-8)4-6-11(14)12(10)13/h2-7H,1H2. The summed E-state index contributed by atoms with van der Waals surface area (Å²) in [6.45, 7) is 3.76. The normalized spacial score (nSPS) is 10.4. The van der Waals surface area contributed by atoms with Gasteiger partial charge < -0.3 is 0 Å². The van der Waals surface area contributed by atoms with Crippen molar-refractivity contribution in [3.05, 3.63) is 50.5 Å². The summed E-state index contributed by atoms with van der Waals surface area (Å²) in [6, 6.07) is 10.6. The molecule has 0 nitrogen and oxygen atoms in total. The van der Waals surface area contributed by atoms with Crippen LogP contribution in [0.15, 0.2) is 41.4 Å². The highest BCUT2D eigenvalue weighted by Gasteiger charge is 2.02. The SMILES string of the molecule is C=Cc1ccc2c(Br)c(I)ccc2c1. The first-order valence-corrected chi connectivity index (χ1v) is 6.10. The summed E-state index contributed by atoms with van der Waals surface area (Å²) in [5.74, 6) is 0. The highest BCUT2D eigenvalue weighted by Crippen LogP contribution is 2.29. The van der Waals surface area contributed by atoms with Gasteiger partial charge in [0, 0.05) is 8.04 Å². The molecule has 0 atom stereocenters. The van der Waals surface area contributed by atoms with E-state index in [0.717, 1.165) is 5.56 Å². The fraction of sp³-hybridized carbons (Fsp3) is 0. The van der Waals surface area contributed by atoms with Crippen LogP contribution in [0.1, 0.15) is 5.56 Å². The van der Waals surface area contributed by atoms with E-state index in [-0.39, 0.29) is 0 Å². The minimum Gasteiger partial charge on any atom is -0.0985 e. The van der Waals surface area contributed by atoms with Crippen molar-refractivity contribution in [3.8, 4) is 0 Å². The van der Waals surface area contributed by atoms with Gasteiger partial charge in [-0.25, -0.2) is 0 Å². The van der Waals surface area contributed by atoms with Gasteiger partial charge in [0.25, 0.3) is 0 Å². The lowest BCUT2D eigenvalue weighted by molar-refractivity contribution is 1.63. The number of halogens is 2. The zero-order valence-electron chi connectivity index (χ0n) is 7.43. The van der Waals surface area contributed by atoms with Crippen LogP contribution in [-0.2, 0) is 0 Å². The molecule has 0 aliphatic carbocycles. The van der Waals surface area contributed by atoms with E-state index in [1.165, 1.54) is 18.8 Å². The highest BCUT2D eigenvalue weighted by atomic mass is 127. The van der Waals surface area contributed by atoms with Crippen LogP contribution >= 0.6 is 38.5 Å². The van der Waals surface area contributed by atoms with E-state index in [2.05, 4.69) is 75.4 Å². The van der Waals surface area contributed by atoms with Gasteiger partial charge in [0.05, 0.1) is 0 Å². The summed E-state index contributed by atoms with van der Waals surface area (Å²) in [4.78, 5) is 0. The molecule has 0 amide bonds. The van der Waals surface area contributed by atoms with E-state index in [9.17, 15) is 0 Å². The Balaban J connectivity index is 2.81. The molecular formula is C12H8BrI. The lowest BCUT2D eigenvalue weighted by atomic mass is 10.1. The molecule has 0 aliphatic rings. The lowest BCUT2D eigenvalue weighted by Gasteiger charge is -2.03.